The fourth-order valence-corrected chi connectivity index (χ4v) is 1.69. The van der Waals surface area contributed by atoms with Crippen LogP contribution in [0.3, 0.4) is 0 Å². The van der Waals surface area contributed by atoms with E-state index in [-0.39, 0.29) is 11.4 Å². The second kappa shape index (κ2) is 4.67. The topological polar surface area (TPSA) is 52.9 Å². The summed E-state index contributed by atoms with van der Waals surface area (Å²) >= 11 is 0. The van der Waals surface area contributed by atoms with Crippen LogP contribution in [-0.2, 0) is 4.74 Å². The van der Waals surface area contributed by atoms with Crippen LogP contribution in [0, 0.1) is 6.61 Å². The van der Waals surface area contributed by atoms with E-state index in [1.807, 2.05) is 0 Å². The summed E-state index contributed by atoms with van der Waals surface area (Å²) < 4.78 is 18.3. The zero-order valence-electron chi connectivity index (χ0n) is 8.58. The molecule has 5 heteroatoms. The number of para-hydroxylation sites is 2. The van der Waals surface area contributed by atoms with Gasteiger partial charge in [0.2, 0.25) is 0 Å². The normalized spacial score (nSPS) is 25.4. The number of benzene rings is 1. The summed E-state index contributed by atoms with van der Waals surface area (Å²) in [6.07, 6.45) is -1.01. The zero-order chi connectivity index (χ0) is 11.5. The molecule has 1 saturated heterocycles. The van der Waals surface area contributed by atoms with E-state index in [1.165, 1.54) is 12.1 Å². The Kier molecular flexibility index (Phi) is 3.26. The monoisotopic (exact) mass is 226 g/mol. The molecule has 0 aliphatic carbocycles. The van der Waals surface area contributed by atoms with Crippen molar-refractivity contribution in [3.05, 3.63) is 30.9 Å². The minimum Gasteiger partial charge on any atom is -0.506 e. The van der Waals surface area contributed by atoms with Gasteiger partial charge in [0.05, 0.1) is 6.04 Å². The largest absolute Gasteiger partial charge is 0.506 e. The second-order valence-corrected chi connectivity index (χ2v) is 3.64. The summed E-state index contributed by atoms with van der Waals surface area (Å²) in [5.41, 5.74) is 0.199. The summed E-state index contributed by atoms with van der Waals surface area (Å²) in [5, 5.41) is 20.1. The Hall–Kier alpha value is -1.33. The molecule has 2 unspecified atom stereocenters. The van der Waals surface area contributed by atoms with Crippen molar-refractivity contribution in [3.8, 4) is 5.75 Å². The number of hydroxylamine groups is 1. The van der Waals surface area contributed by atoms with Gasteiger partial charge >= 0.3 is 0 Å². The van der Waals surface area contributed by atoms with Crippen molar-refractivity contribution in [2.24, 2.45) is 0 Å². The first kappa shape index (κ1) is 11.2. The molecule has 2 rings (SSSR count). The number of anilines is 1. The molecule has 0 spiro atoms. The SMILES string of the molecule is Oc1ccccc1N(O)C1CCO[CH]C1F. The van der Waals surface area contributed by atoms with Gasteiger partial charge in [0, 0.05) is 6.61 Å². The molecule has 0 aromatic heterocycles. The summed E-state index contributed by atoms with van der Waals surface area (Å²) in [6.45, 7) is 1.42. The molecule has 1 aromatic rings. The first-order chi connectivity index (χ1) is 7.70. The number of phenols is 1. The van der Waals surface area contributed by atoms with Gasteiger partial charge in [-0.25, -0.2) is 9.45 Å². The van der Waals surface area contributed by atoms with Crippen molar-refractivity contribution >= 4 is 5.69 Å². The number of hydrogen-bond acceptors (Lipinski definition) is 4. The van der Waals surface area contributed by atoms with Crippen LogP contribution < -0.4 is 5.06 Å². The van der Waals surface area contributed by atoms with Crippen LogP contribution in [0.2, 0.25) is 0 Å². The highest BCUT2D eigenvalue weighted by Gasteiger charge is 2.32. The Morgan fingerprint density at radius 3 is 2.81 bits per heavy atom. The minimum atomic E-state index is -1.38. The number of rotatable bonds is 2. The highest BCUT2D eigenvalue weighted by atomic mass is 19.1. The summed E-state index contributed by atoms with van der Waals surface area (Å²) in [5.74, 6) is -0.0799. The third-order valence-electron chi connectivity index (χ3n) is 2.57. The predicted octanol–water partition coefficient (Wildman–Crippen LogP) is 1.88. The molecule has 1 aliphatic heterocycles. The maximum atomic E-state index is 13.5. The van der Waals surface area contributed by atoms with Gasteiger partial charge in [-0.15, -0.1) is 0 Å². The molecule has 1 heterocycles. The van der Waals surface area contributed by atoms with Crippen LogP contribution in [-0.4, -0.2) is 29.1 Å². The van der Waals surface area contributed by atoms with Crippen LogP contribution in [0.5, 0.6) is 5.75 Å². The van der Waals surface area contributed by atoms with Gasteiger partial charge in [0.1, 0.15) is 18.0 Å². The van der Waals surface area contributed by atoms with Gasteiger partial charge in [0.15, 0.2) is 6.17 Å². The van der Waals surface area contributed by atoms with Crippen molar-refractivity contribution in [2.45, 2.75) is 18.6 Å². The molecule has 16 heavy (non-hydrogen) atoms. The summed E-state index contributed by atoms with van der Waals surface area (Å²) in [4.78, 5) is 0. The molecule has 1 aromatic carbocycles. The Bertz CT molecular complexity index is 361. The minimum absolute atomic E-state index is 0.0799. The lowest BCUT2D eigenvalue weighted by molar-refractivity contribution is 0.0444. The molecule has 4 nitrogen and oxygen atoms in total. The molecule has 0 saturated carbocycles. The maximum absolute atomic E-state index is 13.5. The van der Waals surface area contributed by atoms with Crippen LogP contribution >= 0.6 is 0 Å². The smallest absolute Gasteiger partial charge is 0.152 e. The highest BCUT2D eigenvalue weighted by molar-refractivity contribution is 5.56. The van der Waals surface area contributed by atoms with E-state index in [0.717, 1.165) is 11.7 Å². The van der Waals surface area contributed by atoms with Crippen molar-refractivity contribution in [2.75, 3.05) is 11.7 Å². The van der Waals surface area contributed by atoms with Gasteiger partial charge in [-0.2, -0.15) is 0 Å². The number of aromatic hydroxyl groups is 1. The lowest BCUT2D eigenvalue weighted by Gasteiger charge is -2.33. The molecular weight excluding hydrogens is 213 g/mol. The van der Waals surface area contributed by atoms with E-state index in [4.69, 9.17) is 4.74 Å². The van der Waals surface area contributed by atoms with E-state index in [2.05, 4.69) is 0 Å². The molecular formula is C11H13FNO3. The van der Waals surface area contributed by atoms with Crippen molar-refractivity contribution < 1.29 is 19.4 Å². The van der Waals surface area contributed by atoms with Crippen LogP contribution in [0.4, 0.5) is 10.1 Å². The van der Waals surface area contributed by atoms with E-state index >= 15 is 0 Å². The average Bonchev–Trinajstić information content (AvgIpc) is 2.29. The number of halogens is 1. The van der Waals surface area contributed by atoms with Gasteiger partial charge in [0.25, 0.3) is 0 Å². The lowest BCUT2D eigenvalue weighted by atomic mass is 10.1. The molecule has 1 aliphatic rings. The lowest BCUT2D eigenvalue weighted by Crippen LogP contribution is -2.44. The van der Waals surface area contributed by atoms with Gasteiger partial charge in [-0.1, -0.05) is 12.1 Å². The summed E-state index contributed by atoms with van der Waals surface area (Å²) in [6, 6.07) is 5.54. The van der Waals surface area contributed by atoms with E-state index in [1.54, 1.807) is 12.1 Å². The predicted molar refractivity (Wildman–Crippen MR) is 55.9 cm³/mol. The van der Waals surface area contributed by atoms with Crippen LogP contribution in [0.1, 0.15) is 6.42 Å². The molecule has 87 valence electrons. The van der Waals surface area contributed by atoms with Gasteiger partial charge < -0.3 is 9.84 Å². The molecule has 0 bridgehead atoms. The first-order valence-electron chi connectivity index (χ1n) is 5.05. The quantitative estimate of drug-likeness (QED) is 0.756. The Morgan fingerprint density at radius 2 is 2.12 bits per heavy atom. The Morgan fingerprint density at radius 1 is 1.38 bits per heavy atom. The zero-order valence-corrected chi connectivity index (χ0v) is 8.58. The average molecular weight is 226 g/mol. The molecule has 2 atom stereocenters. The number of hydrogen-bond donors (Lipinski definition) is 2. The number of nitrogens with zero attached hydrogens (tertiary/aromatic N) is 1. The highest BCUT2D eigenvalue weighted by Crippen LogP contribution is 2.30. The molecule has 0 amide bonds. The molecule has 2 N–H and O–H groups in total. The third kappa shape index (κ3) is 2.10. The summed E-state index contributed by atoms with van der Waals surface area (Å²) in [7, 11) is 0. The third-order valence-corrected chi connectivity index (χ3v) is 2.57. The number of phenolic OH excluding ortho intramolecular Hbond substituents is 1. The number of alkyl halides is 1. The fourth-order valence-electron chi connectivity index (χ4n) is 1.69. The van der Waals surface area contributed by atoms with Crippen molar-refractivity contribution in [1.82, 2.24) is 0 Å². The standard InChI is InChI=1S/C11H13FNO3/c12-8-7-16-6-5-9(8)13(15)10-3-1-2-4-11(10)14/h1-4,7-9,14-15H,5-6H2. The van der Waals surface area contributed by atoms with E-state index < -0.39 is 12.2 Å². The fraction of sp³-hybridized carbons (Fsp3) is 0.364. The Balaban J connectivity index is 2.17. The number of ether oxygens (including phenoxy) is 1. The first-order valence-corrected chi connectivity index (χ1v) is 5.05. The van der Waals surface area contributed by atoms with Crippen LogP contribution in [0.15, 0.2) is 24.3 Å². The molecule has 1 fully saturated rings. The van der Waals surface area contributed by atoms with Gasteiger partial charge in [-0.05, 0) is 18.6 Å². The van der Waals surface area contributed by atoms with Gasteiger partial charge in [-0.3, -0.25) is 5.21 Å². The second-order valence-electron chi connectivity index (χ2n) is 3.64. The van der Waals surface area contributed by atoms with Crippen molar-refractivity contribution in [1.29, 1.82) is 0 Å². The molecule has 1 radical (unpaired) electrons. The van der Waals surface area contributed by atoms with Crippen LogP contribution in [0.25, 0.3) is 0 Å². The maximum Gasteiger partial charge on any atom is 0.152 e. The Labute approximate surface area is 92.8 Å². The van der Waals surface area contributed by atoms with E-state index in [9.17, 15) is 14.7 Å². The van der Waals surface area contributed by atoms with E-state index in [0.29, 0.717) is 13.0 Å². The van der Waals surface area contributed by atoms with Crippen molar-refractivity contribution in [3.63, 3.8) is 0 Å².